The Balaban J connectivity index is 2.44. The first-order chi connectivity index (χ1) is 6.34. The first-order valence-electron chi connectivity index (χ1n) is 4.08. The van der Waals surface area contributed by atoms with Crippen molar-refractivity contribution in [1.29, 1.82) is 0 Å². The molecular weight excluding hydrogens is 164 g/mol. The van der Waals surface area contributed by atoms with Crippen molar-refractivity contribution in [3.63, 3.8) is 0 Å². The van der Waals surface area contributed by atoms with Crippen LogP contribution in [0.3, 0.4) is 0 Å². The molecule has 1 aliphatic carbocycles. The Hall–Kier alpha value is -1.83. The van der Waals surface area contributed by atoms with Gasteiger partial charge < -0.3 is 4.42 Å². The van der Waals surface area contributed by atoms with Gasteiger partial charge in [0.05, 0.1) is 6.26 Å². The lowest BCUT2D eigenvalue weighted by Gasteiger charge is -1.95. The second-order valence-electron chi connectivity index (χ2n) is 3.10. The van der Waals surface area contributed by atoms with Crippen molar-refractivity contribution >= 4 is 22.8 Å². The van der Waals surface area contributed by atoms with Gasteiger partial charge in [-0.1, -0.05) is 6.08 Å². The highest BCUT2D eigenvalue weighted by Crippen LogP contribution is 2.26. The Morgan fingerprint density at radius 1 is 1.15 bits per heavy atom. The molecule has 0 unspecified atom stereocenters. The van der Waals surface area contributed by atoms with Gasteiger partial charge in [0.25, 0.3) is 0 Å². The van der Waals surface area contributed by atoms with E-state index in [1.165, 1.54) is 0 Å². The molecule has 0 aliphatic heterocycles. The van der Waals surface area contributed by atoms with E-state index in [2.05, 4.69) is 0 Å². The average Bonchev–Trinajstić information content (AvgIpc) is 2.70. The van der Waals surface area contributed by atoms with Crippen LogP contribution in [-0.4, -0.2) is 5.78 Å². The van der Waals surface area contributed by atoms with E-state index >= 15 is 0 Å². The molecule has 2 nitrogen and oxygen atoms in total. The zero-order valence-corrected chi connectivity index (χ0v) is 6.78. The van der Waals surface area contributed by atoms with Crippen molar-refractivity contribution in [2.24, 2.45) is 0 Å². The summed E-state index contributed by atoms with van der Waals surface area (Å²) in [4.78, 5) is 11.3. The Morgan fingerprint density at radius 3 is 3.00 bits per heavy atom. The van der Waals surface area contributed by atoms with E-state index in [4.69, 9.17) is 4.42 Å². The number of furan rings is 1. The second-order valence-corrected chi connectivity index (χ2v) is 3.10. The van der Waals surface area contributed by atoms with Gasteiger partial charge in [0.1, 0.15) is 5.58 Å². The maximum atomic E-state index is 11.3. The summed E-state index contributed by atoms with van der Waals surface area (Å²) < 4.78 is 5.21. The smallest absolute Gasteiger partial charge is 0.186 e. The Morgan fingerprint density at radius 2 is 2.08 bits per heavy atom. The molecule has 0 bridgehead atoms. The highest BCUT2D eigenvalue weighted by molar-refractivity contribution is 6.15. The monoisotopic (exact) mass is 170 g/mol. The number of allylic oxidation sites excluding steroid dienone is 1. The Bertz CT molecular complexity index is 532. The molecule has 0 saturated carbocycles. The number of hydrogen-bond donors (Lipinski definition) is 0. The van der Waals surface area contributed by atoms with Crippen LogP contribution in [0.25, 0.3) is 17.0 Å². The van der Waals surface area contributed by atoms with Gasteiger partial charge in [0, 0.05) is 10.9 Å². The van der Waals surface area contributed by atoms with Gasteiger partial charge >= 0.3 is 0 Å². The third kappa shape index (κ3) is 0.798. The van der Waals surface area contributed by atoms with Crippen molar-refractivity contribution in [2.75, 3.05) is 0 Å². The maximum Gasteiger partial charge on any atom is 0.186 e. The van der Waals surface area contributed by atoms with E-state index in [1.807, 2.05) is 18.2 Å². The molecule has 1 aliphatic rings. The van der Waals surface area contributed by atoms with Gasteiger partial charge in [0.2, 0.25) is 0 Å². The number of hydrogen-bond acceptors (Lipinski definition) is 2. The lowest BCUT2D eigenvalue weighted by atomic mass is 10.1. The molecule has 0 spiro atoms. The lowest BCUT2D eigenvalue weighted by molar-refractivity contribution is 0.105. The molecule has 2 aromatic rings. The van der Waals surface area contributed by atoms with Gasteiger partial charge in [-0.05, 0) is 29.8 Å². The van der Waals surface area contributed by atoms with E-state index < -0.39 is 0 Å². The zero-order valence-electron chi connectivity index (χ0n) is 6.78. The maximum absolute atomic E-state index is 11.3. The highest BCUT2D eigenvalue weighted by atomic mass is 16.3. The quantitative estimate of drug-likeness (QED) is 0.608. The summed E-state index contributed by atoms with van der Waals surface area (Å²) in [7, 11) is 0. The van der Waals surface area contributed by atoms with Crippen LogP contribution in [0.5, 0.6) is 0 Å². The summed E-state index contributed by atoms with van der Waals surface area (Å²) in [5, 5.41) is 1.04. The summed E-state index contributed by atoms with van der Waals surface area (Å²) in [5.41, 5.74) is 2.50. The molecule has 0 N–H and O–H groups in total. The fourth-order valence-electron chi connectivity index (χ4n) is 1.63. The predicted octanol–water partition coefficient (Wildman–Crippen LogP) is 2.64. The number of fused-ring (bicyclic) bond motifs is 2. The fourth-order valence-corrected chi connectivity index (χ4v) is 1.63. The number of carbonyl (C=O) groups is 1. The second kappa shape index (κ2) is 2.10. The molecule has 62 valence electrons. The standard InChI is InChI=1S/C11H6O2/c12-10-2-1-7-5-8-3-4-13-11(8)6-9(7)10/h1-6H. The molecule has 0 radical (unpaired) electrons. The van der Waals surface area contributed by atoms with E-state index in [1.54, 1.807) is 18.4 Å². The van der Waals surface area contributed by atoms with E-state index in [-0.39, 0.29) is 5.78 Å². The van der Waals surface area contributed by atoms with Crippen LogP contribution in [-0.2, 0) is 0 Å². The van der Waals surface area contributed by atoms with Crippen LogP contribution in [0.1, 0.15) is 15.9 Å². The Labute approximate surface area is 74.5 Å². The van der Waals surface area contributed by atoms with Gasteiger partial charge in [-0.2, -0.15) is 0 Å². The number of carbonyl (C=O) groups excluding carboxylic acids is 1. The Kier molecular flexibility index (Phi) is 1.08. The summed E-state index contributed by atoms with van der Waals surface area (Å²) in [6.45, 7) is 0. The number of benzene rings is 1. The van der Waals surface area contributed by atoms with Gasteiger partial charge in [-0.25, -0.2) is 0 Å². The van der Waals surface area contributed by atoms with Gasteiger partial charge in [-0.3, -0.25) is 4.79 Å². The summed E-state index contributed by atoms with van der Waals surface area (Å²) >= 11 is 0. The van der Waals surface area contributed by atoms with Crippen LogP contribution in [0, 0.1) is 0 Å². The van der Waals surface area contributed by atoms with Crippen molar-refractivity contribution < 1.29 is 9.21 Å². The molecular formula is C11H6O2. The molecule has 0 saturated heterocycles. The van der Waals surface area contributed by atoms with Crippen molar-refractivity contribution in [2.45, 2.75) is 0 Å². The van der Waals surface area contributed by atoms with Crippen molar-refractivity contribution in [3.05, 3.63) is 41.7 Å². The summed E-state index contributed by atoms with van der Waals surface area (Å²) in [5.74, 6) is 0.0632. The van der Waals surface area contributed by atoms with Crippen LogP contribution in [0.4, 0.5) is 0 Å². The minimum atomic E-state index is 0.0632. The number of ketones is 1. The third-order valence-electron chi connectivity index (χ3n) is 2.30. The zero-order chi connectivity index (χ0) is 8.84. The van der Waals surface area contributed by atoms with Crippen LogP contribution in [0.2, 0.25) is 0 Å². The van der Waals surface area contributed by atoms with Crippen LogP contribution >= 0.6 is 0 Å². The molecule has 3 rings (SSSR count). The largest absolute Gasteiger partial charge is 0.464 e. The normalized spacial score (nSPS) is 14.0. The lowest BCUT2D eigenvalue weighted by Crippen LogP contribution is -1.90. The summed E-state index contributed by atoms with van der Waals surface area (Å²) in [6.07, 6.45) is 5.06. The molecule has 1 aromatic carbocycles. The van der Waals surface area contributed by atoms with Crippen molar-refractivity contribution in [3.8, 4) is 0 Å². The van der Waals surface area contributed by atoms with E-state index in [0.717, 1.165) is 22.1 Å². The van der Waals surface area contributed by atoms with Gasteiger partial charge in [-0.15, -0.1) is 0 Å². The third-order valence-corrected chi connectivity index (χ3v) is 2.30. The van der Waals surface area contributed by atoms with E-state index in [9.17, 15) is 4.79 Å². The molecule has 0 atom stereocenters. The predicted molar refractivity (Wildman–Crippen MR) is 49.6 cm³/mol. The van der Waals surface area contributed by atoms with Crippen LogP contribution < -0.4 is 0 Å². The molecule has 0 amide bonds. The minimum Gasteiger partial charge on any atom is -0.464 e. The highest BCUT2D eigenvalue weighted by Gasteiger charge is 2.14. The molecule has 13 heavy (non-hydrogen) atoms. The fraction of sp³-hybridized carbons (Fsp3) is 0. The van der Waals surface area contributed by atoms with Gasteiger partial charge in [0.15, 0.2) is 5.78 Å². The molecule has 2 heteroatoms. The topological polar surface area (TPSA) is 30.2 Å². The average molecular weight is 170 g/mol. The molecule has 1 heterocycles. The van der Waals surface area contributed by atoms with E-state index in [0.29, 0.717) is 0 Å². The summed E-state index contributed by atoms with van der Waals surface area (Å²) in [6, 6.07) is 5.66. The molecule has 1 aromatic heterocycles. The SMILES string of the molecule is O=C1C=Cc2cc3ccoc3cc21. The molecule has 0 fully saturated rings. The first kappa shape index (κ1) is 6.66. The minimum absolute atomic E-state index is 0.0632. The van der Waals surface area contributed by atoms with Crippen molar-refractivity contribution in [1.82, 2.24) is 0 Å². The van der Waals surface area contributed by atoms with Crippen LogP contribution in [0.15, 0.2) is 35.0 Å². The number of rotatable bonds is 0. The first-order valence-corrected chi connectivity index (χ1v) is 4.08.